The predicted octanol–water partition coefficient (Wildman–Crippen LogP) is 2.67. The van der Waals surface area contributed by atoms with Crippen LogP contribution in [0, 0.1) is 5.82 Å². The number of benzene rings is 2. The number of rotatable bonds is 3. The summed E-state index contributed by atoms with van der Waals surface area (Å²) in [5, 5.41) is 2.59. The summed E-state index contributed by atoms with van der Waals surface area (Å²) in [6.45, 7) is 0. The van der Waals surface area contributed by atoms with Crippen molar-refractivity contribution in [3.8, 4) is 5.75 Å². The first kappa shape index (κ1) is 12.9. The molecule has 0 spiro atoms. The van der Waals surface area contributed by atoms with E-state index in [4.69, 9.17) is 10.5 Å². The number of nitrogen functional groups attached to an aromatic ring is 1. The fraction of sp³-hybridized carbons (Fsp3) is 0.0714. The second-order valence-corrected chi connectivity index (χ2v) is 3.96. The van der Waals surface area contributed by atoms with E-state index in [1.165, 1.54) is 31.4 Å². The van der Waals surface area contributed by atoms with Crippen LogP contribution in [0.3, 0.4) is 0 Å². The maximum absolute atomic E-state index is 13.0. The molecule has 0 atom stereocenters. The van der Waals surface area contributed by atoms with E-state index in [0.717, 1.165) is 0 Å². The molecule has 0 aliphatic carbocycles. The number of halogens is 1. The third kappa shape index (κ3) is 3.22. The highest BCUT2D eigenvalue weighted by Crippen LogP contribution is 2.19. The Kier molecular flexibility index (Phi) is 3.66. The van der Waals surface area contributed by atoms with Gasteiger partial charge in [-0.3, -0.25) is 4.79 Å². The Morgan fingerprint density at radius 3 is 2.74 bits per heavy atom. The Hall–Kier alpha value is -2.56. The number of carbonyl (C=O) groups excluding carboxylic acids is 1. The maximum atomic E-state index is 13.0. The predicted molar refractivity (Wildman–Crippen MR) is 71.8 cm³/mol. The zero-order valence-corrected chi connectivity index (χ0v) is 10.3. The molecule has 0 aromatic heterocycles. The molecule has 0 saturated carbocycles. The number of hydrogen-bond donors (Lipinski definition) is 2. The van der Waals surface area contributed by atoms with Gasteiger partial charge in [0.25, 0.3) is 5.91 Å². The standard InChI is InChI=1S/C14H13FN2O2/c1-19-13-6-9(5-11(16)8-13)14(18)17-12-4-2-3-10(15)7-12/h2-8H,16H2,1H3,(H,17,18). The molecule has 0 heterocycles. The summed E-state index contributed by atoms with van der Waals surface area (Å²) >= 11 is 0. The van der Waals surface area contributed by atoms with Crippen LogP contribution in [0.5, 0.6) is 5.75 Å². The average molecular weight is 260 g/mol. The van der Waals surface area contributed by atoms with Crippen LogP contribution in [0.25, 0.3) is 0 Å². The van der Waals surface area contributed by atoms with Crippen LogP contribution in [0.2, 0.25) is 0 Å². The molecule has 4 nitrogen and oxygen atoms in total. The minimum atomic E-state index is -0.414. The van der Waals surface area contributed by atoms with Crippen LogP contribution in [0.15, 0.2) is 42.5 Å². The third-order valence-electron chi connectivity index (χ3n) is 2.51. The molecule has 3 N–H and O–H groups in total. The Balaban J connectivity index is 2.22. The average Bonchev–Trinajstić information content (AvgIpc) is 2.38. The Morgan fingerprint density at radius 1 is 1.26 bits per heavy atom. The number of ether oxygens (including phenoxy) is 1. The van der Waals surface area contributed by atoms with Gasteiger partial charge in [-0.15, -0.1) is 0 Å². The zero-order valence-electron chi connectivity index (χ0n) is 10.3. The van der Waals surface area contributed by atoms with E-state index >= 15 is 0 Å². The minimum absolute atomic E-state index is 0.348. The summed E-state index contributed by atoms with van der Waals surface area (Å²) in [5.41, 5.74) is 6.82. The molecule has 0 saturated heterocycles. The van der Waals surface area contributed by atoms with E-state index in [0.29, 0.717) is 22.7 Å². The number of methoxy groups -OCH3 is 1. The highest BCUT2D eigenvalue weighted by Gasteiger charge is 2.09. The highest BCUT2D eigenvalue weighted by molar-refractivity contribution is 6.05. The van der Waals surface area contributed by atoms with E-state index in [1.807, 2.05) is 0 Å². The second kappa shape index (κ2) is 5.39. The third-order valence-corrected chi connectivity index (χ3v) is 2.51. The zero-order chi connectivity index (χ0) is 13.8. The molecule has 19 heavy (non-hydrogen) atoms. The lowest BCUT2D eigenvalue weighted by atomic mass is 10.1. The van der Waals surface area contributed by atoms with Crippen molar-refractivity contribution in [1.29, 1.82) is 0 Å². The first-order chi connectivity index (χ1) is 9.08. The summed E-state index contributed by atoms with van der Waals surface area (Å²) in [4.78, 5) is 12.0. The van der Waals surface area contributed by atoms with Crippen LogP contribution in [0.4, 0.5) is 15.8 Å². The van der Waals surface area contributed by atoms with Crippen LogP contribution >= 0.6 is 0 Å². The van der Waals surface area contributed by atoms with Gasteiger partial charge in [0.1, 0.15) is 11.6 Å². The highest BCUT2D eigenvalue weighted by atomic mass is 19.1. The molecule has 2 aromatic carbocycles. The number of amides is 1. The van der Waals surface area contributed by atoms with Gasteiger partial charge in [-0.05, 0) is 30.3 Å². The smallest absolute Gasteiger partial charge is 0.255 e. The quantitative estimate of drug-likeness (QED) is 0.834. The monoisotopic (exact) mass is 260 g/mol. The second-order valence-electron chi connectivity index (χ2n) is 3.96. The summed E-state index contributed by atoms with van der Waals surface area (Å²) in [6.07, 6.45) is 0. The van der Waals surface area contributed by atoms with E-state index < -0.39 is 5.82 Å². The number of nitrogens with one attached hydrogen (secondary N) is 1. The molecular weight excluding hydrogens is 247 g/mol. The van der Waals surface area contributed by atoms with Crippen molar-refractivity contribution in [2.75, 3.05) is 18.2 Å². The molecule has 0 radical (unpaired) electrons. The number of nitrogens with two attached hydrogens (primary N) is 1. The van der Waals surface area contributed by atoms with E-state index in [-0.39, 0.29) is 5.91 Å². The SMILES string of the molecule is COc1cc(N)cc(C(=O)Nc2cccc(F)c2)c1. The normalized spacial score (nSPS) is 10.0. The van der Waals surface area contributed by atoms with Crippen molar-refractivity contribution >= 4 is 17.3 Å². The van der Waals surface area contributed by atoms with Gasteiger partial charge in [-0.25, -0.2) is 4.39 Å². The fourth-order valence-corrected chi connectivity index (χ4v) is 1.64. The van der Waals surface area contributed by atoms with Crippen molar-refractivity contribution < 1.29 is 13.9 Å². The first-order valence-corrected chi connectivity index (χ1v) is 5.60. The number of hydrogen-bond acceptors (Lipinski definition) is 3. The Bertz CT molecular complexity index is 614. The van der Waals surface area contributed by atoms with E-state index in [2.05, 4.69) is 5.32 Å². The van der Waals surface area contributed by atoms with Crippen molar-refractivity contribution in [2.45, 2.75) is 0 Å². The molecule has 0 unspecified atom stereocenters. The lowest BCUT2D eigenvalue weighted by Gasteiger charge is -2.08. The molecule has 2 rings (SSSR count). The molecule has 0 fully saturated rings. The van der Waals surface area contributed by atoms with Gasteiger partial charge < -0.3 is 15.8 Å². The van der Waals surface area contributed by atoms with Gasteiger partial charge in [0, 0.05) is 23.0 Å². The lowest BCUT2D eigenvalue weighted by molar-refractivity contribution is 0.102. The molecule has 0 aliphatic heterocycles. The lowest BCUT2D eigenvalue weighted by Crippen LogP contribution is -2.12. The topological polar surface area (TPSA) is 64.3 Å². The molecular formula is C14H13FN2O2. The van der Waals surface area contributed by atoms with Gasteiger partial charge in [-0.1, -0.05) is 6.07 Å². The number of anilines is 2. The summed E-state index contributed by atoms with van der Waals surface area (Å²) in [5.74, 6) is -0.302. The van der Waals surface area contributed by atoms with Gasteiger partial charge in [0.2, 0.25) is 0 Å². The van der Waals surface area contributed by atoms with Crippen LogP contribution in [-0.2, 0) is 0 Å². The maximum Gasteiger partial charge on any atom is 0.255 e. The van der Waals surface area contributed by atoms with Gasteiger partial charge >= 0.3 is 0 Å². The van der Waals surface area contributed by atoms with E-state index in [9.17, 15) is 9.18 Å². The molecule has 2 aromatic rings. The largest absolute Gasteiger partial charge is 0.497 e. The Morgan fingerprint density at radius 2 is 2.05 bits per heavy atom. The molecule has 0 aliphatic rings. The molecule has 1 amide bonds. The fourth-order valence-electron chi connectivity index (χ4n) is 1.64. The molecule has 5 heteroatoms. The van der Waals surface area contributed by atoms with Crippen molar-refractivity contribution in [2.24, 2.45) is 0 Å². The van der Waals surface area contributed by atoms with Crippen molar-refractivity contribution in [3.63, 3.8) is 0 Å². The first-order valence-electron chi connectivity index (χ1n) is 5.60. The molecule has 0 bridgehead atoms. The van der Waals surface area contributed by atoms with Gasteiger partial charge in [-0.2, -0.15) is 0 Å². The summed E-state index contributed by atoms with van der Waals surface area (Å²) in [7, 11) is 1.49. The van der Waals surface area contributed by atoms with Gasteiger partial charge in [0.05, 0.1) is 7.11 Å². The summed E-state index contributed by atoms with van der Waals surface area (Å²) < 4.78 is 18.0. The van der Waals surface area contributed by atoms with Crippen LogP contribution in [0.1, 0.15) is 10.4 Å². The van der Waals surface area contributed by atoms with Gasteiger partial charge in [0.15, 0.2) is 0 Å². The van der Waals surface area contributed by atoms with Crippen LogP contribution in [-0.4, -0.2) is 13.0 Å². The van der Waals surface area contributed by atoms with Crippen molar-refractivity contribution in [1.82, 2.24) is 0 Å². The molecule has 98 valence electrons. The number of carbonyl (C=O) groups is 1. The Labute approximate surface area is 110 Å². The van der Waals surface area contributed by atoms with E-state index in [1.54, 1.807) is 18.2 Å². The van der Waals surface area contributed by atoms with Crippen LogP contribution < -0.4 is 15.8 Å². The summed E-state index contributed by atoms with van der Waals surface area (Å²) in [6, 6.07) is 10.4. The van der Waals surface area contributed by atoms with Crippen molar-refractivity contribution in [3.05, 3.63) is 53.8 Å². The minimum Gasteiger partial charge on any atom is -0.497 e.